The number of carbonyl (C=O) groups is 1. The Morgan fingerprint density at radius 3 is 2.87 bits per heavy atom. The van der Waals surface area contributed by atoms with Crippen LogP contribution in [0.3, 0.4) is 0 Å². The summed E-state index contributed by atoms with van der Waals surface area (Å²) in [6.45, 7) is 9.12. The molecule has 31 heavy (non-hydrogen) atoms. The van der Waals surface area contributed by atoms with E-state index in [1.165, 1.54) is 6.42 Å². The monoisotopic (exact) mass is 423 g/mol. The molecule has 164 valence electrons. The minimum Gasteiger partial charge on any atom is -0.359 e. The number of hydrogen-bond acceptors (Lipinski definition) is 6. The van der Waals surface area contributed by atoms with Gasteiger partial charge < -0.3 is 14.0 Å². The summed E-state index contributed by atoms with van der Waals surface area (Å²) in [5.41, 5.74) is 1.55. The van der Waals surface area contributed by atoms with Gasteiger partial charge in [0.15, 0.2) is 11.5 Å². The Balaban J connectivity index is 1.33. The van der Waals surface area contributed by atoms with Crippen LogP contribution >= 0.6 is 0 Å². The van der Waals surface area contributed by atoms with E-state index in [4.69, 9.17) is 4.52 Å². The van der Waals surface area contributed by atoms with Gasteiger partial charge >= 0.3 is 0 Å². The average molecular weight is 424 g/mol. The summed E-state index contributed by atoms with van der Waals surface area (Å²) in [6, 6.07) is 1.74. The second-order valence-corrected chi connectivity index (χ2v) is 9.58. The van der Waals surface area contributed by atoms with Crippen LogP contribution in [0.25, 0.3) is 0 Å². The lowest BCUT2D eigenvalue weighted by Gasteiger charge is -2.42. The molecule has 0 aromatic carbocycles. The molecule has 2 fully saturated rings. The molecule has 1 aliphatic carbocycles. The van der Waals surface area contributed by atoms with Crippen LogP contribution in [0, 0.1) is 18.3 Å². The first-order valence-corrected chi connectivity index (χ1v) is 11.1. The van der Waals surface area contributed by atoms with Gasteiger partial charge in [-0.1, -0.05) is 25.4 Å². The zero-order valence-corrected chi connectivity index (χ0v) is 18.4. The second kappa shape index (κ2) is 7.62. The number of hydrogen-bond donors (Lipinski definition) is 0. The molecule has 9 heteroatoms. The first kappa shape index (κ1) is 20.0. The van der Waals surface area contributed by atoms with Gasteiger partial charge in [0.1, 0.15) is 18.7 Å². The average Bonchev–Trinajstić information content (AvgIpc) is 3.46. The molecule has 3 aromatic heterocycles. The molecule has 1 spiro atoms. The summed E-state index contributed by atoms with van der Waals surface area (Å²) in [5, 5.41) is 17.0. The summed E-state index contributed by atoms with van der Waals surface area (Å²) in [7, 11) is 0. The zero-order chi connectivity index (χ0) is 21.6. The van der Waals surface area contributed by atoms with Crippen molar-refractivity contribution in [2.45, 2.75) is 59.0 Å². The van der Waals surface area contributed by atoms with Gasteiger partial charge in [-0.2, -0.15) is 5.10 Å². The predicted molar refractivity (Wildman–Crippen MR) is 112 cm³/mol. The van der Waals surface area contributed by atoms with Crippen molar-refractivity contribution in [3.05, 3.63) is 47.6 Å². The van der Waals surface area contributed by atoms with Gasteiger partial charge in [0.2, 0.25) is 0 Å². The number of aromatic nitrogens is 6. The second-order valence-electron chi connectivity index (χ2n) is 9.58. The molecule has 1 aliphatic heterocycles. The Bertz CT molecular complexity index is 1080. The molecule has 1 amide bonds. The summed E-state index contributed by atoms with van der Waals surface area (Å²) >= 11 is 0. The maximum absolute atomic E-state index is 13.3. The van der Waals surface area contributed by atoms with Crippen molar-refractivity contribution in [1.82, 2.24) is 34.6 Å². The highest BCUT2D eigenvalue weighted by Crippen LogP contribution is 2.55. The molecule has 0 bridgehead atoms. The highest BCUT2D eigenvalue weighted by atomic mass is 16.5. The van der Waals surface area contributed by atoms with Crippen LogP contribution in [-0.4, -0.2) is 53.6 Å². The third-order valence-electron chi connectivity index (χ3n) is 6.66. The van der Waals surface area contributed by atoms with Crippen molar-refractivity contribution in [1.29, 1.82) is 0 Å². The number of amides is 1. The van der Waals surface area contributed by atoms with Crippen LogP contribution in [0.5, 0.6) is 0 Å². The molecular weight excluding hydrogens is 394 g/mol. The van der Waals surface area contributed by atoms with E-state index < -0.39 is 0 Å². The zero-order valence-electron chi connectivity index (χ0n) is 18.4. The molecule has 2 aliphatic rings. The first-order chi connectivity index (χ1) is 14.9. The van der Waals surface area contributed by atoms with E-state index >= 15 is 0 Å². The summed E-state index contributed by atoms with van der Waals surface area (Å²) in [5.74, 6) is 2.29. The van der Waals surface area contributed by atoms with Crippen LogP contribution in [0.15, 0.2) is 29.3 Å². The highest BCUT2D eigenvalue weighted by Gasteiger charge is 2.53. The van der Waals surface area contributed by atoms with E-state index in [9.17, 15) is 4.79 Å². The molecule has 1 atom stereocenters. The van der Waals surface area contributed by atoms with Crippen molar-refractivity contribution in [2.24, 2.45) is 11.3 Å². The Morgan fingerprint density at radius 2 is 2.19 bits per heavy atom. The van der Waals surface area contributed by atoms with Gasteiger partial charge in [0.05, 0.1) is 6.20 Å². The van der Waals surface area contributed by atoms with E-state index in [1.54, 1.807) is 16.9 Å². The Morgan fingerprint density at radius 1 is 1.35 bits per heavy atom. The molecule has 9 nitrogen and oxygen atoms in total. The number of aryl methyl sites for hydroxylation is 1. The van der Waals surface area contributed by atoms with Crippen LogP contribution in [-0.2, 0) is 13.1 Å². The predicted octanol–water partition coefficient (Wildman–Crippen LogP) is 2.89. The smallest absolute Gasteiger partial charge is 0.276 e. The van der Waals surface area contributed by atoms with Gasteiger partial charge in [-0.15, -0.1) is 10.2 Å². The minimum atomic E-state index is -0.0738. The SMILES string of the molecule is Cc1cnn(Cc2cc(C(=O)N3CC(c4nncn4CC(C)C)C4(CCC4)C3)no2)c1. The number of nitrogens with zero attached hydrogens (tertiary/aromatic N) is 7. The number of likely N-dealkylation sites (tertiary alicyclic amines) is 1. The maximum atomic E-state index is 13.3. The number of rotatable bonds is 6. The van der Waals surface area contributed by atoms with Crippen molar-refractivity contribution in [2.75, 3.05) is 13.1 Å². The normalized spacial score (nSPS) is 20.0. The van der Waals surface area contributed by atoms with Gasteiger partial charge in [-0.25, -0.2) is 0 Å². The molecule has 1 unspecified atom stereocenters. The summed E-state index contributed by atoms with van der Waals surface area (Å²) in [6.07, 6.45) is 9.00. The third-order valence-corrected chi connectivity index (χ3v) is 6.66. The quantitative estimate of drug-likeness (QED) is 0.605. The molecular formula is C22H29N7O2. The molecule has 0 radical (unpaired) electrons. The van der Waals surface area contributed by atoms with Crippen molar-refractivity contribution in [3.8, 4) is 0 Å². The molecule has 1 saturated carbocycles. The van der Waals surface area contributed by atoms with Crippen molar-refractivity contribution >= 4 is 5.91 Å². The van der Waals surface area contributed by atoms with Gasteiger partial charge in [0, 0.05) is 37.8 Å². The van der Waals surface area contributed by atoms with Crippen LogP contribution in [0.2, 0.25) is 0 Å². The largest absolute Gasteiger partial charge is 0.359 e. The number of carbonyl (C=O) groups excluding carboxylic acids is 1. The fourth-order valence-corrected chi connectivity index (χ4v) is 5.05. The summed E-state index contributed by atoms with van der Waals surface area (Å²) < 4.78 is 9.38. The van der Waals surface area contributed by atoms with Gasteiger partial charge in [-0.3, -0.25) is 9.48 Å². The molecule has 1 saturated heterocycles. The Labute approximate surface area is 181 Å². The van der Waals surface area contributed by atoms with Crippen molar-refractivity contribution in [3.63, 3.8) is 0 Å². The highest BCUT2D eigenvalue weighted by molar-refractivity contribution is 5.92. The third kappa shape index (κ3) is 3.66. The van der Waals surface area contributed by atoms with Crippen molar-refractivity contribution < 1.29 is 9.32 Å². The van der Waals surface area contributed by atoms with E-state index in [1.807, 2.05) is 24.3 Å². The molecule has 5 rings (SSSR count). The van der Waals surface area contributed by atoms with Crippen LogP contribution < -0.4 is 0 Å². The molecule has 4 heterocycles. The van der Waals surface area contributed by atoms with Gasteiger partial charge in [0.25, 0.3) is 5.91 Å². The maximum Gasteiger partial charge on any atom is 0.276 e. The Hall–Kier alpha value is -2.97. The lowest BCUT2D eigenvalue weighted by atomic mass is 9.62. The topological polar surface area (TPSA) is 94.9 Å². The van der Waals surface area contributed by atoms with E-state index in [2.05, 4.69) is 38.9 Å². The fraction of sp³-hybridized carbons (Fsp3) is 0.591. The first-order valence-electron chi connectivity index (χ1n) is 11.1. The summed E-state index contributed by atoms with van der Waals surface area (Å²) in [4.78, 5) is 15.2. The van der Waals surface area contributed by atoms with E-state index in [-0.39, 0.29) is 17.2 Å². The van der Waals surface area contributed by atoms with E-state index in [0.29, 0.717) is 30.5 Å². The van der Waals surface area contributed by atoms with Gasteiger partial charge in [-0.05, 0) is 36.7 Å². The molecule has 3 aromatic rings. The Kier molecular flexibility index (Phi) is 4.91. The fourth-order valence-electron chi connectivity index (χ4n) is 5.05. The standard InChI is InChI=1S/C22H29N7O2/c1-15(2)9-28-14-23-25-20(28)18-12-27(13-22(18)5-4-6-22)21(30)19-7-17(31-26-19)11-29-10-16(3)8-24-29/h7-8,10,14-15,18H,4-6,9,11-13H2,1-3H3. The minimum absolute atomic E-state index is 0.0738. The van der Waals surface area contributed by atoms with Crippen LogP contribution in [0.1, 0.15) is 66.7 Å². The lowest BCUT2D eigenvalue weighted by molar-refractivity contribution is 0.0713. The lowest BCUT2D eigenvalue weighted by Crippen LogP contribution is -2.38. The van der Waals surface area contributed by atoms with E-state index in [0.717, 1.165) is 37.3 Å². The van der Waals surface area contributed by atoms with Crippen LogP contribution in [0.4, 0.5) is 0 Å². The molecule has 0 N–H and O–H groups in total.